The van der Waals surface area contributed by atoms with Gasteiger partial charge < -0.3 is 5.11 Å². The van der Waals surface area contributed by atoms with Crippen molar-refractivity contribution in [2.24, 2.45) is 0 Å². The minimum Gasteiger partial charge on any atom is -0.381 e. The highest BCUT2D eigenvalue weighted by molar-refractivity contribution is 4.60. The predicted octanol–water partition coefficient (Wildman–Crippen LogP) is 0.0320. The van der Waals surface area contributed by atoms with Gasteiger partial charge in [-0.1, -0.05) is 0 Å². The minimum atomic E-state index is 0.250. The molecule has 0 unspecified atom stereocenters. The monoisotopic (exact) mass is 101 g/mol. The average molecular weight is 101 g/mol. The molecular weight excluding hydrogens is 90.1 g/mol. The Morgan fingerprint density at radius 1 is 1.29 bits per heavy atom. The van der Waals surface area contributed by atoms with Gasteiger partial charge in [0.1, 0.15) is 0 Å². The summed E-state index contributed by atoms with van der Waals surface area (Å²) in [5.41, 5.74) is 0. The number of likely N-dealkylation sites (tertiary alicyclic amines) is 1. The fourth-order valence-corrected chi connectivity index (χ4v) is 0.924. The molecule has 0 aromatic carbocycles. The average Bonchev–Trinajstić information content (AvgIpc) is 2.14. The number of aliphatic hydroxyl groups is 1. The van der Waals surface area contributed by atoms with E-state index in [1.54, 1.807) is 0 Å². The third-order valence-electron chi connectivity index (χ3n) is 1.40. The SMILES string of the molecule is OCN1CCCC1. The summed E-state index contributed by atoms with van der Waals surface area (Å²) < 4.78 is 0. The summed E-state index contributed by atoms with van der Waals surface area (Å²) in [7, 11) is 0. The molecule has 0 amide bonds. The first-order chi connectivity index (χ1) is 3.43. The quantitative estimate of drug-likeness (QED) is 0.504. The minimum absolute atomic E-state index is 0.250. The Morgan fingerprint density at radius 3 is 2.14 bits per heavy atom. The second-order valence-electron chi connectivity index (χ2n) is 1.97. The highest BCUT2D eigenvalue weighted by Gasteiger charge is 2.07. The van der Waals surface area contributed by atoms with Crippen LogP contribution in [0, 0.1) is 0 Å². The van der Waals surface area contributed by atoms with Gasteiger partial charge in [0.15, 0.2) is 0 Å². The van der Waals surface area contributed by atoms with Gasteiger partial charge in [-0.2, -0.15) is 0 Å². The van der Waals surface area contributed by atoms with Crippen molar-refractivity contribution in [2.75, 3.05) is 19.8 Å². The van der Waals surface area contributed by atoms with Gasteiger partial charge in [0.25, 0.3) is 0 Å². The zero-order valence-electron chi connectivity index (χ0n) is 4.43. The zero-order chi connectivity index (χ0) is 5.11. The Balaban J connectivity index is 2.14. The molecule has 0 bridgehead atoms. The standard InChI is InChI=1S/C5H11NO/c7-5-6-3-1-2-4-6/h7H,1-5H2. The van der Waals surface area contributed by atoms with Crippen LogP contribution in [0.5, 0.6) is 0 Å². The van der Waals surface area contributed by atoms with Crippen LogP contribution < -0.4 is 0 Å². The van der Waals surface area contributed by atoms with Gasteiger partial charge in [0.05, 0.1) is 6.73 Å². The van der Waals surface area contributed by atoms with E-state index in [0.717, 1.165) is 13.1 Å². The molecule has 42 valence electrons. The maximum atomic E-state index is 8.49. The molecule has 2 heteroatoms. The van der Waals surface area contributed by atoms with Crippen molar-refractivity contribution in [3.05, 3.63) is 0 Å². The fraction of sp³-hybridized carbons (Fsp3) is 1.00. The van der Waals surface area contributed by atoms with Crippen LogP contribution in [0.25, 0.3) is 0 Å². The lowest BCUT2D eigenvalue weighted by Gasteiger charge is -2.07. The van der Waals surface area contributed by atoms with Crippen molar-refractivity contribution < 1.29 is 5.11 Å². The Bertz CT molecular complexity index is 50.0. The molecule has 2 nitrogen and oxygen atoms in total. The summed E-state index contributed by atoms with van der Waals surface area (Å²) >= 11 is 0. The third-order valence-corrected chi connectivity index (χ3v) is 1.40. The van der Waals surface area contributed by atoms with Crippen molar-refractivity contribution in [2.45, 2.75) is 12.8 Å². The van der Waals surface area contributed by atoms with Gasteiger partial charge in [-0.3, -0.25) is 4.90 Å². The van der Waals surface area contributed by atoms with Gasteiger partial charge in [0.2, 0.25) is 0 Å². The summed E-state index contributed by atoms with van der Waals surface area (Å²) in [6.45, 7) is 2.44. The van der Waals surface area contributed by atoms with Crippen molar-refractivity contribution >= 4 is 0 Å². The summed E-state index contributed by atoms with van der Waals surface area (Å²) in [4.78, 5) is 2.04. The second-order valence-corrected chi connectivity index (χ2v) is 1.97. The molecule has 0 atom stereocenters. The van der Waals surface area contributed by atoms with Crippen LogP contribution in [0.3, 0.4) is 0 Å². The topological polar surface area (TPSA) is 23.5 Å². The lowest BCUT2D eigenvalue weighted by atomic mass is 10.4. The Morgan fingerprint density at radius 2 is 1.86 bits per heavy atom. The van der Waals surface area contributed by atoms with E-state index in [9.17, 15) is 0 Å². The first kappa shape index (κ1) is 5.06. The van der Waals surface area contributed by atoms with Crippen LogP contribution >= 0.6 is 0 Å². The lowest BCUT2D eigenvalue weighted by Crippen LogP contribution is -2.19. The molecule has 0 aromatic rings. The predicted molar refractivity (Wildman–Crippen MR) is 27.9 cm³/mol. The summed E-state index contributed by atoms with van der Waals surface area (Å²) in [5, 5.41) is 8.49. The molecule has 0 spiro atoms. The highest BCUT2D eigenvalue weighted by Crippen LogP contribution is 2.04. The van der Waals surface area contributed by atoms with Crippen LogP contribution in [-0.4, -0.2) is 29.8 Å². The summed E-state index contributed by atoms with van der Waals surface area (Å²) in [6.07, 6.45) is 2.53. The fourth-order valence-electron chi connectivity index (χ4n) is 0.924. The maximum Gasteiger partial charge on any atom is 0.0956 e. The molecule has 0 aliphatic carbocycles. The van der Waals surface area contributed by atoms with Gasteiger partial charge >= 0.3 is 0 Å². The number of hydrogen-bond acceptors (Lipinski definition) is 2. The number of hydrogen-bond donors (Lipinski definition) is 1. The van der Waals surface area contributed by atoms with Crippen molar-refractivity contribution in [1.29, 1.82) is 0 Å². The van der Waals surface area contributed by atoms with Crippen LogP contribution in [-0.2, 0) is 0 Å². The molecule has 1 rings (SSSR count). The highest BCUT2D eigenvalue weighted by atomic mass is 16.3. The molecule has 1 N–H and O–H groups in total. The molecule has 1 fully saturated rings. The molecule has 1 heterocycles. The molecule has 0 aromatic heterocycles. The van der Waals surface area contributed by atoms with E-state index in [1.165, 1.54) is 12.8 Å². The van der Waals surface area contributed by atoms with E-state index in [0.29, 0.717) is 0 Å². The maximum absolute atomic E-state index is 8.49. The summed E-state index contributed by atoms with van der Waals surface area (Å²) in [5.74, 6) is 0. The molecule has 1 aliphatic rings. The van der Waals surface area contributed by atoms with Crippen molar-refractivity contribution in [1.82, 2.24) is 4.90 Å². The first-order valence-electron chi connectivity index (χ1n) is 2.76. The zero-order valence-corrected chi connectivity index (χ0v) is 4.43. The lowest BCUT2D eigenvalue weighted by molar-refractivity contribution is 0.132. The van der Waals surface area contributed by atoms with Gasteiger partial charge in [-0.05, 0) is 12.8 Å². The van der Waals surface area contributed by atoms with Gasteiger partial charge in [-0.15, -0.1) is 0 Å². The van der Waals surface area contributed by atoms with E-state index < -0.39 is 0 Å². The Labute approximate surface area is 43.7 Å². The molecule has 1 aliphatic heterocycles. The van der Waals surface area contributed by atoms with E-state index in [4.69, 9.17) is 5.11 Å². The van der Waals surface area contributed by atoms with E-state index >= 15 is 0 Å². The normalized spacial score (nSPS) is 23.6. The Kier molecular flexibility index (Phi) is 1.65. The largest absolute Gasteiger partial charge is 0.381 e. The van der Waals surface area contributed by atoms with Crippen LogP contribution in [0.1, 0.15) is 12.8 Å². The molecule has 0 saturated carbocycles. The molecule has 0 radical (unpaired) electrons. The van der Waals surface area contributed by atoms with Crippen LogP contribution in [0.15, 0.2) is 0 Å². The smallest absolute Gasteiger partial charge is 0.0956 e. The molecule has 1 saturated heterocycles. The Hall–Kier alpha value is -0.0800. The number of rotatable bonds is 1. The number of aliphatic hydroxyl groups excluding tert-OH is 1. The molecular formula is C5H11NO. The van der Waals surface area contributed by atoms with E-state index in [2.05, 4.69) is 0 Å². The second kappa shape index (κ2) is 2.28. The first-order valence-corrected chi connectivity index (χ1v) is 2.76. The van der Waals surface area contributed by atoms with Crippen LogP contribution in [0.2, 0.25) is 0 Å². The molecule has 7 heavy (non-hydrogen) atoms. The van der Waals surface area contributed by atoms with Gasteiger partial charge in [0, 0.05) is 13.1 Å². The van der Waals surface area contributed by atoms with E-state index in [1.807, 2.05) is 4.90 Å². The van der Waals surface area contributed by atoms with Crippen LogP contribution in [0.4, 0.5) is 0 Å². The van der Waals surface area contributed by atoms with Crippen molar-refractivity contribution in [3.8, 4) is 0 Å². The third kappa shape index (κ3) is 1.14. The van der Waals surface area contributed by atoms with Gasteiger partial charge in [-0.25, -0.2) is 0 Å². The van der Waals surface area contributed by atoms with Crippen molar-refractivity contribution in [3.63, 3.8) is 0 Å². The number of nitrogens with zero attached hydrogens (tertiary/aromatic N) is 1. The summed E-state index contributed by atoms with van der Waals surface area (Å²) in [6, 6.07) is 0. The van der Waals surface area contributed by atoms with E-state index in [-0.39, 0.29) is 6.73 Å².